The van der Waals surface area contributed by atoms with Gasteiger partial charge in [0.05, 0.1) is 6.61 Å². The van der Waals surface area contributed by atoms with Crippen LogP contribution < -0.4 is 5.32 Å². The van der Waals surface area contributed by atoms with E-state index in [4.69, 9.17) is 16.3 Å². The molecule has 0 heterocycles. The first kappa shape index (κ1) is 12.2. The number of alkyl halides is 1. The fraction of sp³-hybridized carbons (Fsp3) is 1.00. The second-order valence-electron chi connectivity index (χ2n) is 3.84. The number of methoxy groups -OCH3 is 1. The topological polar surface area (TPSA) is 21.3 Å². The van der Waals surface area contributed by atoms with E-state index < -0.39 is 0 Å². The van der Waals surface area contributed by atoms with E-state index in [9.17, 15) is 0 Å². The molecule has 0 aliphatic heterocycles. The largest absolute Gasteiger partial charge is 0.383 e. The number of ether oxygens (including phenoxy) is 1. The number of nitrogens with one attached hydrogen (secondary N) is 1. The van der Waals surface area contributed by atoms with Gasteiger partial charge in [-0.05, 0) is 27.7 Å². The first-order chi connectivity index (χ1) is 5.40. The second-order valence-corrected chi connectivity index (χ2v) is 4.49. The Kier molecular flexibility index (Phi) is 5.14. The molecule has 0 aliphatic rings. The van der Waals surface area contributed by atoms with Crippen molar-refractivity contribution in [3.8, 4) is 0 Å². The van der Waals surface area contributed by atoms with Gasteiger partial charge in [-0.2, -0.15) is 0 Å². The van der Waals surface area contributed by atoms with Crippen LogP contribution in [0.5, 0.6) is 0 Å². The van der Waals surface area contributed by atoms with Crippen molar-refractivity contribution >= 4 is 11.6 Å². The van der Waals surface area contributed by atoms with Crippen LogP contribution in [0.2, 0.25) is 0 Å². The first-order valence-electron chi connectivity index (χ1n) is 4.31. The van der Waals surface area contributed by atoms with Crippen molar-refractivity contribution in [2.75, 3.05) is 13.7 Å². The van der Waals surface area contributed by atoms with E-state index >= 15 is 0 Å². The Morgan fingerprint density at radius 1 is 1.42 bits per heavy atom. The van der Waals surface area contributed by atoms with Crippen molar-refractivity contribution in [2.45, 2.75) is 44.7 Å². The second kappa shape index (κ2) is 5.05. The fourth-order valence-corrected chi connectivity index (χ4v) is 1.10. The first-order valence-corrected chi connectivity index (χ1v) is 4.74. The van der Waals surface area contributed by atoms with Crippen molar-refractivity contribution in [3.63, 3.8) is 0 Å². The SMILES string of the molecule is COCC(C)NC(C)(C)C(C)Cl. The molecule has 0 aromatic rings. The maximum Gasteiger partial charge on any atom is 0.0613 e. The molecular formula is C9H20ClNO. The Hall–Kier alpha value is 0.210. The summed E-state index contributed by atoms with van der Waals surface area (Å²) in [4.78, 5) is 0. The minimum atomic E-state index is -0.0422. The van der Waals surface area contributed by atoms with Crippen molar-refractivity contribution < 1.29 is 4.74 Å². The average molecular weight is 194 g/mol. The highest BCUT2D eigenvalue weighted by atomic mass is 35.5. The molecule has 12 heavy (non-hydrogen) atoms. The quantitative estimate of drug-likeness (QED) is 0.675. The molecule has 1 N–H and O–H groups in total. The van der Waals surface area contributed by atoms with Gasteiger partial charge in [0.15, 0.2) is 0 Å². The van der Waals surface area contributed by atoms with Gasteiger partial charge in [0.1, 0.15) is 0 Å². The molecule has 2 atom stereocenters. The molecule has 0 fully saturated rings. The predicted molar refractivity (Wildman–Crippen MR) is 53.9 cm³/mol. The van der Waals surface area contributed by atoms with Crippen molar-refractivity contribution in [1.29, 1.82) is 0 Å². The van der Waals surface area contributed by atoms with Crippen LogP contribution in [0.1, 0.15) is 27.7 Å². The van der Waals surface area contributed by atoms with Gasteiger partial charge < -0.3 is 10.1 Å². The number of rotatable bonds is 5. The lowest BCUT2D eigenvalue weighted by Crippen LogP contribution is -2.51. The summed E-state index contributed by atoms with van der Waals surface area (Å²) in [6, 6.07) is 0.339. The summed E-state index contributed by atoms with van der Waals surface area (Å²) in [5, 5.41) is 3.51. The van der Waals surface area contributed by atoms with Gasteiger partial charge in [-0.1, -0.05) is 0 Å². The van der Waals surface area contributed by atoms with Gasteiger partial charge in [-0.3, -0.25) is 0 Å². The van der Waals surface area contributed by atoms with E-state index in [1.54, 1.807) is 7.11 Å². The molecule has 0 rings (SSSR count). The third kappa shape index (κ3) is 4.29. The molecule has 0 radical (unpaired) electrons. The highest BCUT2D eigenvalue weighted by Crippen LogP contribution is 2.15. The van der Waals surface area contributed by atoms with Crippen molar-refractivity contribution in [3.05, 3.63) is 0 Å². The molecule has 0 amide bonds. The van der Waals surface area contributed by atoms with Crippen LogP contribution in [-0.2, 0) is 4.74 Å². The molecule has 0 aromatic heterocycles. The maximum atomic E-state index is 6.01. The van der Waals surface area contributed by atoms with Crippen LogP contribution in [0.25, 0.3) is 0 Å². The average Bonchev–Trinajstić information content (AvgIpc) is 1.85. The van der Waals surface area contributed by atoms with Gasteiger partial charge >= 0.3 is 0 Å². The van der Waals surface area contributed by atoms with Crippen LogP contribution >= 0.6 is 11.6 Å². The summed E-state index contributed by atoms with van der Waals surface area (Å²) in [6.45, 7) is 8.99. The van der Waals surface area contributed by atoms with Gasteiger partial charge in [0.2, 0.25) is 0 Å². The molecule has 2 unspecified atom stereocenters. The smallest absolute Gasteiger partial charge is 0.0613 e. The molecule has 3 heteroatoms. The summed E-state index contributed by atoms with van der Waals surface area (Å²) in [6.07, 6.45) is 0. The normalized spacial score (nSPS) is 17.5. The monoisotopic (exact) mass is 193 g/mol. The Bertz CT molecular complexity index is 126. The van der Waals surface area contributed by atoms with Crippen LogP contribution in [-0.4, -0.2) is 30.7 Å². The molecule has 2 nitrogen and oxygen atoms in total. The zero-order chi connectivity index (χ0) is 9.78. The molecule has 74 valence electrons. The zero-order valence-corrected chi connectivity index (χ0v) is 9.40. The molecule has 0 aromatic carbocycles. The number of hydrogen-bond donors (Lipinski definition) is 1. The third-order valence-electron chi connectivity index (χ3n) is 2.03. The van der Waals surface area contributed by atoms with E-state index in [0.29, 0.717) is 12.6 Å². The predicted octanol–water partition coefficient (Wildman–Crippen LogP) is 2.02. The lowest BCUT2D eigenvalue weighted by atomic mass is 10.0. The Morgan fingerprint density at radius 3 is 2.25 bits per heavy atom. The van der Waals surface area contributed by atoms with E-state index in [2.05, 4.69) is 26.1 Å². The summed E-state index contributed by atoms with van der Waals surface area (Å²) < 4.78 is 5.02. The maximum absolute atomic E-state index is 6.01. The van der Waals surface area contributed by atoms with E-state index in [1.165, 1.54) is 0 Å². The number of halogens is 1. The summed E-state index contributed by atoms with van der Waals surface area (Å²) >= 11 is 6.01. The Balaban J connectivity index is 3.88. The van der Waals surface area contributed by atoms with Gasteiger partial charge in [-0.15, -0.1) is 11.6 Å². The summed E-state index contributed by atoms with van der Waals surface area (Å²) in [5.41, 5.74) is -0.0422. The van der Waals surface area contributed by atoms with Gasteiger partial charge in [0, 0.05) is 24.1 Å². The summed E-state index contributed by atoms with van der Waals surface area (Å²) in [7, 11) is 1.70. The molecule has 0 aliphatic carbocycles. The highest BCUT2D eigenvalue weighted by molar-refractivity contribution is 6.21. The lowest BCUT2D eigenvalue weighted by Gasteiger charge is -2.32. The fourth-order valence-electron chi connectivity index (χ4n) is 1.04. The highest BCUT2D eigenvalue weighted by Gasteiger charge is 2.25. The van der Waals surface area contributed by atoms with Gasteiger partial charge in [-0.25, -0.2) is 0 Å². The lowest BCUT2D eigenvalue weighted by molar-refractivity contribution is 0.156. The molecular weight excluding hydrogens is 174 g/mol. The molecule has 0 saturated heterocycles. The van der Waals surface area contributed by atoms with Crippen LogP contribution in [0.15, 0.2) is 0 Å². The van der Waals surface area contributed by atoms with E-state index in [0.717, 1.165) is 0 Å². The van der Waals surface area contributed by atoms with Crippen LogP contribution in [0.3, 0.4) is 0 Å². The molecule has 0 saturated carbocycles. The van der Waals surface area contributed by atoms with Crippen LogP contribution in [0.4, 0.5) is 0 Å². The standard InChI is InChI=1S/C9H20ClNO/c1-7(6-12-5)11-9(3,4)8(2)10/h7-8,11H,6H2,1-5H3. The van der Waals surface area contributed by atoms with E-state index in [1.807, 2.05) is 6.92 Å². The minimum absolute atomic E-state index is 0.0422. The summed E-state index contributed by atoms with van der Waals surface area (Å²) in [5.74, 6) is 0. The Labute approximate surface area is 80.6 Å². The molecule has 0 bridgehead atoms. The third-order valence-corrected chi connectivity index (χ3v) is 2.58. The Morgan fingerprint density at radius 2 is 1.92 bits per heavy atom. The van der Waals surface area contributed by atoms with Crippen LogP contribution in [0, 0.1) is 0 Å². The van der Waals surface area contributed by atoms with Crippen molar-refractivity contribution in [2.24, 2.45) is 0 Å². The van der Waals surface area contributed by atoms with Gasteiger partial charge in [0.25, 0.3) is 0 Å². The van der Waals surface area contributed by atoms with E-state index in [-0.39, 0.29) is 10.9 Å². The minimum Gasteiger partial charge on any atom is -0.383 e. The zero-order valence-electron chi connectivity index (χ0n) is 8.65. The molecule has 0 spiro atoms. The van der Waals surface area contributed by atoms with Crippen molar-refractivity contribution in [1.82, 2.24) is 5.32 Å². The number of hydrogen-bond acceptors (Lipinski definition) is 2.